The molecule has 2 aliphatic heterocycles. The summed E-state index contributed by atoms with van der Waals surface area (Å²) in [7, 11) is 0. The maximum atomic E-state index is 12.5. The van der Waals surface area contributed by atoms with Crippen molar-refractivity contribution in [2.75, 3.05) is 32.7 Å². The molecule has 0 radical (unpaired) electrons. The highest BCUT2D eigenvalue weighted by Crippen LogP contribution is 2.21. The zero-order valence-electron chi connectivity index (χ0n) is 13.4. The molecular weight excluding hydrogens is 250 g/mol. The van der Waals surface area contributed by atoms with Gasteiger partial charge in [0.05, 0.1) is 0 Å². The summed E-state index contributed by atoms with van der Waals surface area (Å²) in [5, 5.41) is 3.52. The van der Waals surface area contributed by atoms with E-state index >= 15 is 0 Å². The molecule has 2 rings (SSSR count). The van der Waals surface area contributed by atoms with Crippen molar-refractivity contribution in [2.45, 2.75) is 58.5 Å². The number of rotatable bonds is 5. The van der Waals surface area contributed by atoms with Crippen molar-refractivity contribution in [1.29, 1.82) is 0 Å². The average Bonchev–Trinajstić information content (AvgIpc) is 2.92. The maximum Gasteiger partial charge on any atom is 0.224 e. The quantitative estimate of drug-likeness (QED) is 0.833. The van der Waals surface area contributed by atoms with E-state index in [-0.39, 0.29) is 0 Å². The number of nitrogens with zero attached hydrogens (tertiary/aromatic N) is 2. The molecule has 0 aromatic rings. The van der Waals surface area contributed by atoms with E-state index in [1.807, 2.05) is 0 Å². The first-order valence-corrected chi connectivity index (χ1v) is 8.40. The first kappa shape index (κ1) is 15.8. The van der Waals surface area contributed by atoms with Crippen LogP contribution in [0.1, 0.15) is 46.5 Å². The summed E-state index contributed by atoms with van der Waals surface area (Å²) in [5.41, 5.74) is 0. The molecule has 1 amide bonds. The zero-order valence-corrected chi connectivity index (χ0v) is 13.4. The van der Waals surface area contributed by atoms with Crippen LogP contribution in [0.3, 0.4) is 0 Å². The summed E-state index contributed by atoms with van der Waals surface area (Å²) in [6.07, 6.45) is 4.33. The van der Waals surface area contributed by atoms with Crippen LogP contribution in [0.25, 0.3) is 0 Å². The number of hydrogen-bond acceptors (Lipinski definition) is 3. The fourth-order valence-corrected chi connectivity index (χ4v) is 3.71. The predicted octanol–water partition coefficient (Wildman–Crippen LogP) is 1.71. The molecule has 3 atom stereocenters. The van der Waals surface area contributed by atoms with Gasteiger partial charge in [0, 0.05) is 31.6 Å². The average molecular weight is 281 g/mol. The fraction of sp³-hybridized carbons (Fsp3) is 0.938. The minimum Gasteiger partial charge on any atom is -0.341 e. The number of amides is 1. The van der Waals surface area contributed by atoms with Crippen molar-refractivity contribution in [3.8, 4) is 0 Å². The number of hydrogen-bond donors (Lipinski definition) is 1. The number of piperidine rings is 1. The number of likely N-dealkylation sites (N-methyl/N-ethyl adjacent to an activating group) is 1. The highest BCUT2D eigenvalue weighted by molar-refractivity contribution is 5.77. The van der Waals surface area contributed by atoms with E-state index in [4.69, 9.17) is 0 Å². The third kappa shape index (κ3) is 3.73. The number of nitrogens with one attached hydrogen (secondary N) is 1. The molecule has 2 saturated heterocycles. The Morgan fingerprint density at radius 3 is 2.70 bits per heavy atom. The van der Waals surface area contributed by atoms with Crippen molar-refractivity contribution < 1.29 is 4.79 Å². The van der Waals surface area contributed by atoms with Crippen LogP contribution in [-0.4, -0.2) is 60.5 Å². The van der Waals surface area contributed by atoms with E-state index in [0.29, 0.717) is 30.3 Å². The molecule has 2 fully saturated rings. The van der Waals surface area contributed by atoms with E-state index in [1.165, 1.54) is 12.8 Å². The Morgan fingerprint density at radius 2 is 2.05 bits per heavy atom. The van der Waals surface area contributed by atoms with E-state index in [1.54, 1.807) is 0 Å². The van der Waals surface area contributed by atoms with Crippen LogP contribution < -0.4 is 5.32 Å². The Bertz CT molecular complexity index is 317. The second-order valence-electron chi connectivity index (χ2n) is 6.39. The first-order chi connectivity index (χ1) is 9.65. The molecule has 0 aliphatic carbocycles. The minimum atomic E-state index is 0.353. The molecular formula is C16H31N3O. The van der Waals surface area contributed by atoms with E-state index in [0.717, 1.165) is 39.1 Å². The van der Waals surface area contributed by atoms with Gasteiger partial charge in [0.25, 0.3) is 0 Å². The van der Waals surface area contributed by atoms with Gasteiger partial charge in [-0.3, -0.25) is 9.69 Å². The SMILES string of the molecule is CCN(CC)C1CCN(C(=O)CC2NCCCC2C)C1. The normalized spacial score (nSPS) is 31.0. The summed E-state index contributed by atoms with van der Waals surface area (Å²) in [5.74, 6) is 0.986. The van der Waals surface area contributed by atoms with Crippen LogP contribution in [-0.2, 0) is 4.79 Å². The van der Waals surface area contributed by atoms with Crippen LogP contribution in [0.2, 0.25) is 0 Å². The Morgan fingerprint density at radius 1 is 1.30 bits per heavy atom. The fourth-order valence-electron chi connectivity index (χ4n) is 3.71. The summed E-state index contributed by atoms with van der Waals surface area (Å²) in [6.45, 7) is 11.8. The van der Waals surface area contributed by atoms with Gasteiger partial charge in [0.2, 0.25) is 5.91 Å². The smallest absolute Gasteiger partial charge is 0.224 e. The topological polar surface area (TPSA) is 35.6 Å². The number of likely N-dealkylation sites (tertiary alicyclic amines) is 1. The number of carbonyl (C=O) groups excluding carboxylic acids is 1. The third-order valence-electron chi connectivity index (χ3n) is 5.17. The van der Waals surface area contributed by atoms with Gasteiger partial charge >= 0.3 is 0 Å². The zero-order chi connectivity index (χ0) is 14.5. The molecule has 0 saturated carbocycles. The van der Waals surface area contributed by atoms with Crippen molar-refractivity contribution in [3.63, 3.8) is 0 Å². The van der Waals surface area contributed by atoms with Gasteiger partial charge in [-0.25, -0.2) is 0 Å². The molecule has 0 aromatic carbocycles. The van der Waals surface area contributed by atoms with Gasteiger partial charge in [0.15, 0.2) is 0 Å². The van der Waals surface area contributed by atoms with Gasteiger partial charge < -0.3 is 10.2 Å². The summed E-state index contributed by atoms with van der Waals surface area (Å²) < 4.78 is 0. The summed E-state index contributed by atoms with van der Waals surface area (Å²) in [6, 6.07) is 0.967. The highest BCUT2D eigenvalue weighted by Gasteiger charge is 2.31. The molecule has 0 spiro atoms. The van der Waals surface area contributed by atoms with E-state index in [9.17, 15) is 4.79 Å². The van der Waals surface area contributed by atoms with Gasteiger partial charge in [-0.2, -0.15) is 0 Å². The monoisotopic (exact) mass is 281 g/mol. The second-order valence-corrected chi connectivity index (χ2v) is 6.39. The molecule has 3 unspecified atom stereocenters. The van der Waals surface area contributed by atoms with Crippen molar-refractivity contribution in [1.82, 2.24) is 15.1 Å². The molecule has 0 aromatic heterocycles. The molecule has 4 nitrogen and oxygen atoms in total. The molecule has 0 bridgehead atoms. The lowest BCUT2D eigenvalue weighted by atomic mass is 9.90. The van der Waals surface area contributed by atoms with Gasteiger partial charge in [-0.15, -0.1) is 0 Å². The van der Waals surface area contributed by atoms with Crippen molar-refractivity contribution in [2.24, 2.45) is 5.92 Å². The predicted molar refractivity (Wildman–Crippen MR) is 82.7 cm³/mol. The standard InChI is InChI=1S/C16H31N3O/c1-4-18(5-2)14-8-10-19(12-14)16(20)11-15-13(3)7-6-9-17-15/h13-15,17H,4-12H2,1-3H3. The maximum absolute atomic E-state index is 12.5. The van der Waals surface area contributed by atoms with Crippen LogP contribution in [0.15, 0.2) is 0 Å². The van der Waals surface area contributed by atoms with Crippen LogP contribution >= 0.6 is 0 Å². The Labute approximate surface area is 123 Å². The molecule has 4 heteroatoms. The van der Waals surface area contributed by atoms with Crippen LogP contribution in [0.4, 0.5) is 0 Å². The lowest BCUT2D eigenvalue weighted by Gasteiger charge is -2.31. The summed E-state index contributed by atoms with van der Waals surface area (Å²) in [4.78, 5) is 17.0. The van der Waals surface area contributed by atoms with Gasteiger partial charge in [-0.1, -0.05) is 20.8 Å². The lowest BCUT2D eigenvalue weighted by Crippen LogP contribution is -2.45. The Hall–Kier alpha value is -0.610. The van der Waals surface area contributed by atoms with Gasteiger partial charge in [0.1, 0.15) is 0 Å². The van der Waals surface area contributed by atoms with E-state index < -0.39 is 0 Å². The number of carbonyl (C=O) groups is 1. The Balaban J connectivity index is 1.81. The molecule has 20 heavy (non-hydrogen) atoms. The molecule has 116 valence electrons. The van der Waals surface area contributed by atoms with Crippen LogP contribution in [0.5, 0.6) is 0 Å². The largest absolute Gasteiger partial charge is 0.341 e. The first-order valence-electron chi connectivity index (χ1n) is 8.40. The highest BCUT2D eigenvalue weighted by atomic mass is 16.2. The van der Waals surface area contributed by atoms with E-state index in [2.05, 4.69) is 35.9 Å². The second kappa shape index (κ2) is 7.41. The minimum absolute atomic E-state index is 0.353. The van der Waals surface area contributed by atoms with Gasteiger partial charge in [-0.05, 0) is 44.8 Å². The van der Waals surface area contributed by atoms with Crippen LogP contribution in [0, 0.1) is 5.92 Å². The molecule has 2 aliphatic rings. The Kier molecular flexibility index (Phi) is 5.85. The molecule has 2 heterocycles. The lowest BCUT2D eigenvalue weighted by molar-refractivity contribution is -0.131. The molecule has 1 N–H and O–H groups in total. The van der Waals surface area contributed by atoms with Crippen molar-refractivity contribution >= 4 is 5.91 Å². The van der Waals surface area contributed by atoms with Crippen molar-refractivity contribution in [3.05, 3.63) is 0 Å². The summed E-state index contributed by atoms with van der Waals surface area (Å²) >= 11 is 0. The third-order valence-corrected chi connectivity index (χ3v) is 5.17.